The zero-order valence-electron chi connectivity index (χ0n) is 7.69. The number of carbonyl (C=O) groups excluding carboxylic acids is 1. The van der Waals surface area contributed by atoms with Gasteiger partial charge in [-0.3, -0.25) is 14.6 Å². The van der Waals surface area contributed by atoms with Crippen LogP contribution in [0.2, 0.25) is 0 Å². The van der Waals surface area contributed by atoms with E-state index in [1.54, 1.807) is 12.1 Å². The largest absolute Gasteiger partial charge is 0.481 e. The van der Waals surface area contributed by atoms with Gasteiger partial charge in [0.15, 0.2) is 0 Å². The number of amides is 1. The van der Waals surface area contributed by atoms with Crippen molar-refractivity contribution in [2.75, 3.05) is 20.1 Å². The molecule has 5 heteroatoms. The predicted molar refractivity (Wildman–Crippen MR) is 45.8 cm³/mol. The minimum absolute atomic E-state index is 0.0100. The third-order valence-electron chi connectivity index (χ3n) is 2.11. The Morgan fingerprint density at radius 2 is 2.31 bits per heavy atom. The Bertz CT molecular complexity index is 217. The van der Waals surface area contributed by atoms with E-state index >= 15 is 0 Å². The number of hydrogen-bond donors (Lipinski definition) is 1. The number of hydrazine groups is 1. The lowest BCUT2D eigenvalue weighted by Crippen LogP contribution is -2.48. The normalized spacial score (nSPS) is 19.2. The second-order valence-electron chi connectivity index (χ2n) is 3.15. The van der Waals surface area contributed by atoms with Crippen molar-refractivity contribution in [3.63, 3.8) is 0 Å². The summed E-state index contributed by atoms with van der Waals surface area (Å²) in [4.78, 5) is 21.6. The van der Waals surface area contributed by atoms with Crippen LogP contribution in [0.15, 0.2) is 0 Å². The molecule has 0 aliphatic carbocycles. The Morgan fingerprint density at radius 3 is 2.85 bits per heavy atom. The van der Waals surface area contributed by atoms with Crippen LogP contribution >= 0.6 is 0 Å². The average Bonchev–Trinajstić information content (AvgIpc) is 2.03. The van der Waals surface area contributed by atoms with Crippen LogP contribution < -0.4 is 0 Å². The van der Waals surface area contributed by atoms with Crippen LogP contribution in [0.1, 0.15) is 19.3 Å². The van der Waals surface area contributed by atoms with Gasteiger partial charge in [-0.15, -0.1) is 0 Å². The van der Waals surface area contributed by atoms with Crippen molar-refractivity contribution in [3.8, 4) is 0 Å². The summed E-state index contributed by atoms with van der Waals surface area (Å²) in [6.45, 7) is 1.11. The van der Waals surface area contributed by atoms with Crippen molar-refractivity contribution < 1.29 is 14.7 Å². The molecule has 0 aromatic heterocycles. The van der Waals surface area contributed by atoms with Gasteiger partial charge in [0.2, 0.25) is 5.91 Å². The fourth-order valence-electron chi connectivity index (χ4n) is 1.40. The van der Waals surface area contributed by atoms with Gasteiger partial charge in [0, 0.05) is 26.6 Å². The number of nitrogens with zero attached hydrogens (tertiary/aromatic N) is 2. The zero-order chi connectivity index (χ0) is 9.84. The molecule has 13 heavy (non-hydrogen) atoms. The molecule has 1 rings (SSSR count). The Morgan fingerprint density at radius 1 is 1.62 bits per heavy atom. The van der Waals surface area contributed by atoms with Crippen LogP contribution in [0.5, 0.6) is 0 Å². The number of rotatable bonds is 3. The van der Waals surface area contributed by atoms with Gasteiger partial charge in [0.05, 0.1) is 6.42 Å². The molecule has 1 N–H and O–H groups in total. The molecule has 0 spiro atoms. The molecule has 1 saturated heterocycles. The lowest BCUT2D eigenvalue weighted by molar-refractivity contribution is -0.154. The number of aliphatic carboxylic acids is 1. The van der Waals surface area contributed by atoms with Crippen LogP contribution in [-0.2, 0) is 9.59 Å². The molecule has 74 valence electrons. The average molecular weight is 186 g/mol. The highest BCUT2D eigenvalue weighted by atomic mass is 16.4. The Kier molecular flexibility index (Phi) is 3.25. The minimum atomic E-state index is -0.869. The maximum atomic E-state index is 11.3. The molecular weight excluding hydrogens is 172 g/mol. The molecule has 0 aromatic rings. The monoisotopic (exact) mass is 186 g/mol. The van der Waals surface area contributed by atoms with Crippen LogP contribution in [-0.4, -0.2) is 47.1 Å². The lowest BCUT2D eigenvalue weighted by atomic mass is 10.2. The second kappa shape index (κ2) is 4.23. The quantitative estimate of drug-likeness (QED) is 0.670. The summed E-state index contributed by atoms with van der Waals surface area (Å²) in [5, 5.41) is 11.8. The first-order valence-corrected chi connectivity index (χ1v) is 4.34. The summed E-state index contributed by atoms with van der Waals surface area (Å²) in [5.74, 6) is -0.846. The van der Waals surface area contributed by atoms with E-state index in [9.17, 15) is 9.59 Å². The van der Waals surface area contributed by atoms with Gasteiger partial charge in [-0.05, 0) is 6.42 Å². The molecule has 1 aliphatic rings. The van der Waals surface area contributed by atoms with Gasteiger partial charge in [-0.25, -0.2) is 5.01 Å². The van der Waals surface area contributed by atoms with Gasteiger partial charge in [0.1, 0.15) is 0 Å². The lowest BCUT2D eigenvalue weighted by Gasteiger charge is -2.35. The fourth-order valence-corrected chi connectivity index (χ4v) is 1.40. The minimum Gasteiger partial charge on any atom is -0.481 e. The molecule has 1 aliphatic heterocycles. The van der Waals surface area contributed by atoms with Gasteiger partial charge < -0.3 is 5.11 Å². The van der Waals surface area contributed by atoms with Crippen LogP contribution in [0.3, 0.4) is 0 Å². The van der Waals surface area contributed by atoms with E-state index in [1.165, 1.54) is 5.01 Å². The molecule has 1 heterocycles. The summed E-state index contributed by atoms with van der Waals surface area (Å²) in [6, 6.07) is 0. The van der Waals surface area contributed by atoms with E-state index in [4.69, 9.17) is 5.11 Å². The third-order valence-corrected chi connectivity index (χ3v) is 2.11. The van der Waals surface area contributed by atoms with Crippen molar-refractivity contribution >= 4 is 11.9 Å². The summed E-state index contributed by atoms with van der Waals surface area (Å²) in [5.41, 5.74) is 0. The Labute approximate surface area is 76.9 Å². The van der Waals surface area contributed by atoms with Crippen molar-refractivity contribution in [2.24, 2.45) is 0 Å². The van der Waals surface area contributed by atoms with Gasteiger partial charge in [0.25, 0.3) is 0 Å². The first-order valence-electron chi connectivity index (χ1n) is 4.34. The first kappa shape index (κ1) is 9.98. The molecule has 0 unspecified atom stereocenters. The highest BCUT2D eigenvalue weighted by Crippen LogP contribution is 2.10. The zero-order valence-corrected chi connectivity index (χ0v) is 7.69. The van der Waals surface area contributed by atoms with Crippen molar-refractivity contribution in [2.45, 2.75) is 19.3 Å². The summed E-state index contributed by atoms with van der Waals surface area (Å²) in [7, 11) is 1.80. The van der Waals surface area contributed by atoms with Crippen LogP contribution in [0.4, 0.5) is 0 Å². The van der Waals surface area contributed by atoms with Gasteiger partial charge in [-0.2, -0.15) is 0 Å². The fraction of sp³-hybridized carbons (Fsp3) is 0.750. The highest BCUT2D eigenvalue weighted by molar-refractivity contribution is 5.77. The molecule has 0 aromatic carbocycles. The van der Waals surface area contributed by atoms with Crippen LogP contribution in [0.25, 0.3) is 0 Å². The topological polar surface area (TPSA) is 60.9 Å². The van der Waals surface area contributed by atoms with E-state index in [2.05, 4.69) is 0 Å². The molecule has 0 radical (unpaired) electrons. The molecular formula is C8H14N2O3. The second-order valence-corrected chi connectivity index (χ2v) is 3.15. The molecule has 1 amide bonds. The number of carbonyl (C=O) groups is 2. The maximum Gasteiger partial charge on any atom is 0.305 e. The first-order chi connectivity index (χ1) is 6.11. The van der Waals surface area contributed by atoms with Crippen LogP contribution in [0, 0.1) is 0 Å². The molecule has 0 bridgehead atoms. The smallest absolute Gasteiger partial charge is 0.305 e. The Hall–Kier alpha value is -1.10. The molecule has 1 fully saturated rings. The predicted octanol–water partition coefficient (Wildman–Crippen LogP) is -0.0697. The van der Waals surface area contributed by atoms with Crippen molar-refractivity contribution in [1.82, 2.24) is 10.0 Å². The van der Waals surface area contributed by atoms with E-state index < -0.39 is 5.97 Å². The third kappa shape index (κ3) is 2.69. The van der Waals surface area contributed by atoms with E-state index in [0.29, 0.717) is 6.42 Å². The number of carboxylic acid groups (broad SMARTS) is 1. The maximum absolute atomic E-state index is 11.3. The number of carboxylic acids is 1. The summed E-state index contributed by atoms with van der Waals surface area (Å²) in [6.07, 6.45) is 1.40. The van der Waals surface area contributed by atoms with E-state index in [1.807, 2.05) is 0 Å². The van der Waals surface area contributed by atoms with Gasteiger partial charge >= 0.3 is 5.97 Å². The van der Waals surface area contributed by atoms with E-state index in [-0.39, 0.29) is 18.9 Å². The molecule has 0 saturated carbocycles. The summed E-state index contributed by atoms with van der Waals surface area (Å²) >= 11 is 0. The molecule has 0 atom stereocenters. The summed E-state index contributed by atoms with van der Waals surface area (Å²) < 4.78 is 0. The van der Waals surface area contributed by atoms with E-state index in [0.717, 1.165) is 13.0 Å². The van der Waals surface area contributed by atoms with Gasteiger partial charge in [-0.1, -0.05) is 0 Å². The standard InChI is InChI=1S/C8H14N2O3/c1-9-5-2-3-7(11)10(9)6-4-8(12)13/h2-6H2,1H3,(H,12,13). The van der Waals surface area contributed by atoms with Crippen molar-refractivity contribution in [3.05, 3.63) is 0 Å². The number of hydrogen-bond acceptors (Lipinski definition) is 3. The SMILES string of the molecule is CN1CCCC(=O)N1CCC(=O)O. The highest BCUT2D eigenvalue weighted by Gasteiger charge is 2.22. The van der Waals surface area contributed by atoms with Crippen molar-refractivity contribution in [1.29, 1.82) is 0 Å². The molecule has 5 nitrogen and oxygen atoms in total. The Balaban J connectivity index is 2.44.